The van der Waals surface area contributed by atoms with E-state index < -0.39 is 0 Å². The van der Waals surface area contributed by atoms with E-state index in [2.05, 4.69) is 37.8 Å². The van der Waals surface area contributed by atoms with Gasteiger partial charge in [0, 0.05) is 4.90 Å². The Bertz CT molecular complexity index is 248. The Morgan fingerprint density at radius 2 is 2.00 bits per heavy atom. The minimum atomic E-state index is 1.07. The molecule has 1 aromatic carbocycles. The highest BCUT2D eigenvalue weighted by Gasteiger charge is 1.93. The van der Waals surface area contributed by atoms with E-state index in [1.54, 1.807) is 0 Å². The summed E-state index contributed by atoms with van der Waals surface area (Å²) < 4.78 is 0. The predicted molar refractivity (Wildman–Crippen MR) is 61.4 cm³/mol. The molecule has 0 aromatic heterocycles. The number of benzene rings is 1. The van der Waals surface area contributed by atoms with Gasteiger partial charge in [-0.15, -0.1) is 18.3 Å². The van der Waals surface area contributed by atoms with Gasteiger partial charge in [-0.1, -0.05) is 25.1 Å². The van der Waals surface area contributed by atoms with Gasteiger partial charge in [0.25, 0.3) is 0 Å². The lowest BCUT2D eigenvalue weighted by atomic mass is 10.1. The maximum absolute atomic E-state index is 3.72. The Labute approximate surface area is 85.1 Å². The van der Waals surface area contributed by atoms with Crippen LogP contribution in [0.2, 0.25) is 0 Å². The maximum atomic E-state index is 3.72. The quantitative estimate of drug-likeness (QED) is 0.503. The molecule has 0 saturated heterocycles. The van der Waals surface area contributed by atoms with E-state index in [-0.39, 0.29) is 0 Å². The fourth-order valence-electron chi connectivity index (χ4n) is 1.19. The minimum Gasteiger partial charge on any atom is -0.126 e. The summed E-state index contributed by atoms with van der Waals surface area (Å²) in [5.74, 6) is 1.14. The van der Waals surface area contributed by atoms with Crippen molar-refractivity contribution in [1.82, 2.24) is 0 Å². The van der Waals surface area contributed by atoms with Crippen LogP contribution in [-0.4, -0.2) is 5.75 Å². The van der Waals surface area contributed by atoms with Gasteiger partial charge in [0.2, 0.25) is 0 Å². The van der Waals surface area contributed by atoms with Crippen LogP contribution in [-0.2, 0) is 6.42 Å². The molecule has 0 unspecified atom stereocenters. The van der Waals surface area contributed by atoms with E-state index in [1.165, 1.54) is 10.5 Å². The lowest BCUT2D eigenvalue weighted by Gasteiger charge is -2.01. The molecule has 0 heterocycles. The van der Waals surface area contributed by atoms with Gasteiger partial charge in [-0.25, -0.2) is 0 Å². The van der Waals surface area contributed by atoms with E-state index in [0.29, 0.717) is 0 Å². The summed E-state index contributed by atoms with van der Waals surface area (Å²) >= 11 is 1.89. The number of rotatable bonds is 5. The third kappa shape index (κ3) is 3.69. The lowest BCUT2D eigenvalue weighted by molar-refractivity contribution is 1.00. The first-order valence-corrected chi connectivity index (χ1v) is 5.68. The zero-order chi connectivity index (χ0) is 9.52. The van der Waals surface area contributed by atoms with Crippen molar-refractivity contribution in [3.63, 3.8) is 0 Å². The third-order valence-electron chi connectivity index (χ3n) is 1.87. The normalized spacial score (nSPS) is 9.92. The summed E-state index contributed by atoms with van der Waals surface area (Å²) in [6.45, 7) is 5.90. The van der Waals surface area contributed by atoms with Crippen molar-refractivity contribution in [3.05, 3.63) is 42.5 Å². The first-order valence-electron chi connectivity index (χ1n) is 4.69. The van der Waals surface area contributed by atoms with Gasteiger partial charge in [-0.2, -0.15) is 0 Å². The molecule has 0 N–H and O–H groups in total. The molecule has 0 bridgehead atoms. The summed E-state index contributed by atoms with van der Waals surface area (Å²) in [5.41, 5.74) is 1.40. The van der Waals surface area contributed by atoms with Crippen LogP contribution in [0.3, 0.4) is 0 Å². The number of allylic oxidation sites excluding steroid dienone is 1. The molecule has 1 heteroatoms. The maximum Gasteiger partial charge on any atom is 0.00720 e. The molecule has 0 atom stereocenters. The molecule has 0 fully saturated rings. The van der Waals surface area contributed by atoms with E-state index in [9.17, 15) is 0 Å². The van der Waals surface area contributed by atoms with Gasteiger partial charge < -0.3 is 0 Å². The summed E-state index contributed by atoms with van der Waals surface area (Å²) in [5, 5.41) is 0. The van der Waals surface area contributed by atoms with Crippen molar-refractivity contribution in [2.24, 2.45) is 0 Å². The van der Waals surface area contributed by atoms with Crippen molar-refractivity contribution < 1.29 is 0 Å². The largest absolute Gasteiger partial charge is 0.126 e. The molecule has 0 nitrogen and oxygen atoms in total. The average molecular weight is 192 g/mol. The van der Waals surface area contributed by atoms with Crippen molar-refractivity contribution in [2.75, 3.05) is 5.75 Å². The zero-order valence-corrected chi connectivity index (χ0v) is 8.94. The minimum absolute atomic E-state index is 1.07. The molecule has 70 valence electrons. The molecule has 0 aliphatic rings. The monoisotopic (exact) mass is 192 g/mol. The molecule has 0 radical (unpaired) electrons. The van der Waals surface area contributed by atoms with Crippen molar-refractivity contribution >= 4 is 11.8 Å². The zero-order valence-electron chi connectivity index (χ0n) is 8.12. The SMILES string of the molecule is C=CCCc1ccc(SCC)cc1. The number of aryl methyl sites for hydroxylation is 1. The van der Waals surface area contributed by atoms with Crippen LogP contribution in [0.1, 0.15) is 18.9 Å². The standard InChI is InChI=1S/C12H16S/c1-3-5-6-11-7-9-12(10-8-11)13-4-2/h3,7-10H,1,4-6H2,2H3. The molecule has 1 rings (SSSR count). The molecule has 0 amide bonds. The summed E-state index contributed by atoms with van der Waals surface area (Å²) in [6, 6.07) is 8.82. The Balaban J connectivity index is 2.53. The Morgan fingerprint density at radius 1 is 1.31 bits per heavy atom. The van der Waals surface area contributed by atoms with Crippen LogP contribution in [0.4, 0.5) is 0 Å². The average Bonchev–Trinajstić information content (AvgIpc) is 2.17. The Morgan fingerprint density at radius 3 is 2.54 bits per heavy atom. The molecule has 13 heavy (non-hydrogen) atoms. The molecule has 1 aromatic rings. The molecule has 0 spiro atoms. The fraction of sp³-hybridized carbons (Fsp3) is 0.333. The smallest absolute Gasteiger partial charge is 0.00720 e. The van der Waals surface area contributed by atoms with E-state index in [1.807, 2.05) is 17.8 Å². The molecular weight excluding hydrogens is 176 g/mol. The third-order valence-corrected chi connectivity index (χ3v) is 2.77. The van der Waals surface area contributed by atoms with Crippen LogP contribution in [0, 0.1) is 0 Å². The highest BCUT2D eigenvalue weighted by molar-refractivity contribution is 7.99. The number of hydrogen-bond donors (Lipinski definition) is 0. The van der Waals surface area contributed by atoms with Gasteiger partial charge in [-0.05, 0) is 36.3 Å². The second-order valence-corrected chi connectivity index (χ2v) is 4.24. The van der Waals surface area contributed by atoms with Gasteiger partial charge in [0.05, 0.1) is 0 Å². The van der Waals surface area contributed by atoms with Crippen LogP contribution < -0.4 is 0 Å². The molecule has 0 aliphatic heterocycles. The van der Waals surface area contributed by atoms with Crippen LogP contribution in [0.25, 0.3) is 0 Å². The lowest BCUT2D eigenvalue weighted by Crippen LogP contribution is -1.82. The Kier molecular flexibility index (Phi) is 4.69. The summed E-state index contributed by atoms with van der Waals surface area (Å²) in [4.78, 5) is 1.37. The highest BCUT2D eigenvalue weighted by Crippen LogP contribution is 2.18. The fourth-order valence-corrected chi connectivity index (χ4v) is 1.85. The van der Waals surface area contributed by atoms with Gasteiger partial charge in [0.1, 0.15) is 0 Å². The highest BCUT2D eigenvalue weighted by atomic mass is 32.2. The van der Waals surface area contributed by atoms with Crippen molar-refractivity contribution in [2.45, 2.75) is 24.7 Å². The number of hydrogen-bond acceptors (Lipinski definition) is 1. The first kappa shape index (κ1) is 10.4. The predicted octanol–water partition coefficient (Wildman–Crippen LogP) is 3.92. The first-order chi connectivity index (χ1) is 6.36. The molecule has 0 aliphatic carbocycles. The number of thioether (sulfide) groups is 1. The topological polar surface area (TPSA) is 0 Å². The second kappa shape index (κ2) is 5.87. The Hall–Kier alpha value is -0.690. The van der Waals surface area contributed by atoms with Gasteiger partial charge in [-0.3, -0.25) is 0 Å². The van der Waals surface area contributed by atoms with Crippen LogP contribution in [0.5, 0.6) is 0 Å². The van der Waals surface area contributed by atoms with Crippen LogP contribution >= 0.6 is 11.8 Å². The summed E-state index contributed by atoms with van der Waals surface area (Å²) in [6.07, 6.45) is 4.15. The van der Waals surface area contributed by atoms with E-state index in [0.717, 1.165) is 18.6 Å². The van der Waals surface area contributed by atoms with E-state index in [4.69, 9.17) is 0 Å². The van der Waals surface area contributed by atoms with Gasteiger partial charge >= 0.3 is 0 Å². The van der Waals surface area contributed by atoms with Crippen LogP contribution in [0.15, 0.2) is 41.8 Å². The molecular formula is C12H16S. The van der Waals surface area contributed by atoms with Crippen molar-refractivity contribution in [3.8, 4) is 0 Å². The van der Waals surface area contributed by atoms with E-state index >= 15 is 0 Å². The van der Waals surface area contributed by atoms with Crippen molar-refractivity contribution in [1.29, 1.82) is 0 Å². The summed E-state index contributed by atoms with van der Waals surface area (Å²) in [7, 11) is 0. The second-order valence-electron chi connectivity index (χ2n) is 2.90. The molecule has 0 saturated carbocycles. The van der Waals surface area contributed by atoms with Gasteiger partial charge in [0.15, 0.2) is 0 Å².